The third-order valence-corrected chi connectivity index (χ3v) is 4.71. The molecule has 0 aliphatic heterocycles. The lowest BCUT2D eigenvalue weighted by atomic mass is 10.1. The van der Waals surface area contributed by atoms with E-state index >= 15 is 0 Å². The summed E-state index contributed by atoms with van der Waals surface area (Å²) in [6, 6.07) is 12.1. The number of hydrogen-bond acceptors (Lipinski definition) is 4. The van der Waals surface area contributed by atoms with Gasteiger partial charge in [0.2, 0.25) is 11.8 Å². The van der Waals surface area contributed by atoms with E-state index in [1.807, 2.05) is 76.2 Å². The van der Waals surface area contributed by atoms with E-state index in [1.165, 1.54) is 5.56 Å². The number of benzene rings is 2. The quantitative estimate of drug-likeness (QED) is 0.720. The molecule has 29 heavy (non-hydrogen) atoms. The minimum Gasteiger partial charge on any atom is -0.378 e. The fourth-order valence-electron chi connectivity index (χ4n) is 3.27. The summed E-state index contributed by atoms with van der Waals surface area (Å²) in [5.74, 6) is -0.241. The van der Waals surface area contributed by atoms with Crippen molar-refractivity contribution in [3.05, 3.63) is 58.7 Å². The van der Waals surface area contributed by atoms with Crippen LogP contribution in [0.3, 0.4) is 0 Å². The van der Waals surface area contributed by atoms with Gasteiger partial charge in [0.1, 0.15) is 0 Å². The van der Waals surface area contributed by atoms with Crippen LogP contribution in [0.2, 0.25) is 0 Å². The first-order valence-electron chi connectivity index (χ1n) is 9.75. The van der Waals surface area contributed by atoms with Crippen LogP contribution in [0, 0.1) is 20.8 Å². The molecule has 0 radical (unpaired) electrons. The fourth-order valence-corrected chi connectivity index (χ4v) is 3.27. The topological polar surface area (TPSA) is 64.7 Å². The number of anilines is 2. The highest BCUT2D eigenvalue weighted by Gasteiger charge is 2.13. The van der Waals surface area contributed by atoms with Gasteiger partial charge >= 0.3 is 0 Å². The SMILES string of the molecule is Cc1cc(C)c(NC(=O)CN(C)CC(=O)NCc2ccc(N(C)C)cc2)c(C)c1. The summed E-state index contributed by atoms with van der Waals surface area (Å²) in [5.41, 5.74) is 6.25. The third kappa shape index (κ3) is 6.91. The average molecular weight is 397 g/mol. The summed E-state index contributed by atoms with van der Waals surface area (Å²) >= 11 is 0. The van der Waals surface area contributed by atoms with Crippen LogP contribution >= 0.6 is 0 Å². The Morgan fingerprint density at radius 1 is 0.862 bits per heavy atom. The van der Waals surface area contributed by atoms with Gasteiger partial charge in [-0.1, -0.05) is 29.8 Å². The van der Waals surface area contributed by atoms with Gasteiger partial charge in [0.15, 0.2) is 0 Å². The molecule has 0 heterocycles. The molecule has 2 aromatic rings. The van der Waals surface area contributed by atoms with Crippen LogP contribution < -0.4 is 15.5 Å². The molecule has 6 heteroatoms. The Kier molecular flexibility index (Phi) is 7.79. The van der Waals surface area contributed by atoms with E-state index in [-0.39, 0.29) is 24.9 Å². The third-order valence-electron chi connectivity index (χ3n) is 4.71. The van der Waals surface area contributed by atoms with Crippen LogP contribution in [-0.4, -0.2) is 50.9 Å². The molecule has 0 saturated carbocycles. The zero-order valence-corrected chi connectivity index (χ0v) is 18.3. The molecular formula is C23H32N4O2. The lowest BCUT2D eigenvalue weighted by Gasteiger charge is -2.18. The van der Waals surface area contributed by atoms with E-state index in [0.717, 1.165) is 28.1 Å². The van der Waals surface area contributed by atoms with Gasteiger partial charge in [-0.2, -0.15) is 0 Å². The fraction of sp³-hybridized carbons (Fsp3) is 0.391. The number of carbonyl (C=O) groups excluding carboxylic acids is 2. The summed E-state index contributed by atoms with van der Waals surface area (Å²) < 4.78 is 0. The molecular weight excluding hydrogens is 364 g/mol. The van der Waals surface area contributed by atoms with Gasteiger partial charge in [-0.15, -0.1) is 0 Å². The lowest BCUT2D eigenvalue weighted by Crippen LogP contribution is -2.38. The number of hydrogen-bond donors (Lipinski definition) is 2. The van der Waals surface area contributed by atoms with Gasteiger partial charge in [-0.3, -0.25) is 14.5 Å². The predicted molar refractivity (Wildman–Crippen MR) is 119 cm³/mol. The normalized spacial score (nSPS) is 10.7. The number of nitrogens with one attached hydrogen (secondary N) is 2. The van der Waals surface area contributed by atoms with Gasteiger partial charge in [0.05, 0.1) is 13.1 Å². The number of aryl methyl sites for hydroxylation is 3. The van der Waals surface area contributed by atoms with E-state index in [9.17, 15) is 9.59 Å². The van der Waals surface area contributed by atoms with Crippen molar-refractivity contribution in [3.8, 4) is 0 Å². The van der Waals surface area contributed by atoms with Crippen molar-refractivity contribution >= 4 is 23.2 Å². The number of rotatable bonds is 8. The Hall–Kier alpha value is -2.86. The lowest BCUT2D eigenvalue weighted by molar-refractivity contribution is -0.123. The smallest absolute Gasteiger partial charge is 0.238 e. The second-order valence-electron chi connectivity index (χ2n) is 7.83. The Bertz CT molecular complexity index is 837. The van der Waals surface area contributed by atoms with Crippen LogP contribution in [0.1, 0.15) is 22.3 Å². The monoisotopic (exact) mass is 396 g/mol. The van der Waals surface area contributed by atoms with Crippen molar-refractivity contribution in [1.29, 1.82) is 0 Å². The predicted octanol–water partition coefficient (Wildman–Crippen LogP) is 2.86. The Labute approximate surface area is 173 Å². The number of carbonyl (C=O) groups is 2. The van der Waals surface area contributed by atoms with E-state index in [2.05, 4.69) is 10.6 Å². The molecule has 0 bridgehead atoms. The van der Waals surface area contributed by atoms with Gasteiger partial charge in [-0.25, -0.2) is 0 Å². The van der Waals surface area contributed by atoms with Crippen molar-refractivity contribution < 1.29 is 9.59 Å². The molecule has 0 aliphatic carbocycles. The summed E-state index contributed by atoms with van der Waals surface area (Å²) in [6.07, 6.45) is 0. The highest BCUT2D eigenvalue weighted by Crippen LogP contribution is 2.21. The van der Waals surface area contributed by atoms with Crippen LogP contribution in [0.25, 0.3) is 0 Å². The standard InChI is InChI=1S/C23H32N4O2/c1-16-11-17(2)23(18(3)12-16)25-22(29)15-27(6)14-21(28)24-13-19-7-9-20(10-8-19)26(4)5/h7-12H,13-15H2,1-6H3,(H,24,28)(H,25,29). The van der Waals surface area contributed by atoms with E-state index in [1.54, 1.807) is 11.9 Å². The summed E-state index contributed by atoms with van der Waals surface area (Å²) in [5, 5.41) is 5.87. The summed E-state index contributed by atoms with van der Waals surface area (Å²) in [4.78, 5) is 28.3. The molecule has 0 unspecified atom stereocenters. The molecule has 2 rings (SSSR count). The highest BCUT2D eigenvalue weighted by atomic mass is 16.2. The highest BCUT2D eigenvalue weighted by molar-refractivity contribution is 5.94. The molecule has 2 amide bonds. The van der Waals surface area contributed by atoms with Crippen LogP contribution in [0.4, 0.5) is 11.4 Å². The second-order valence-corrected chi connectivity index (χ2v) is 7.83. The molecule has 0 atom stereocenters. The van der Waals surface area contributed by atoms with Crippen molar-refractivity contribution in [2.45, 2.75) is 27.3 Å². The van der Waals surface area contributed by atoms with Crippen molar-refractivity contribution in [2.75, 3.05) is 44.4 Å². The zero-order valence-electron chi connectivity index (χ0n) is 18.3. The Balaban J connectivity index is 1.80. The van der Waals surface area contributed by atoms with Gasteiger partial charge in [0, 0.05) is 32.0 Å². The average Bonchev–Trinajstić information content (AvgIpc) is 2.63. The molecule has 0 spiro atoms. The molecule has 0 aliphatic rings. The maximum absolute atomic E-state index is 12.4. The first kappa shape index (κ1) is 22.4. The van der Waals surface area contributed by atoms with Gasteiger partial charge in [0.25, 0.3) is 0 Å². The van der Waals surface area contributed by atoms with E-state index < -0.39 is 0 Å². The molecule has 0 fully saturated rings. The van der Waals surface area contributed by atoms with Crippen LogP contribution in [-0.2, 0) is 16.1 Å². The van der Waals surface area contributed by atoms with E-state index in [0.29, 0.717) is 6.54 Å². The molecule has 0 aromatic heterocycles. The molecule has 156 valence electrons. The van der Waals surface area contributed by atoms with Gasteiger partial charge < -0.3 is 15.5 Å². The minimum atomic E-state index is -0.130. The molecule has 0 saturated heterocycles. The second kappa shape index (κ2) is 10.1. The maximum atomic E-state index is 12.4. The Morgan fingerprint density at radius 2 is 1.41 bits per heavy atom. The number of nitrogens with zero attached hydrogens (tertiary/aromatic N) is 2. The largest absolute Gasteiger partial charge is 0.378 e. The first-order chi connectivity index (χ1) is 13.7. The van der Waals surface area contributed by atoms with Crippen LogP contribution in [0.15, 0.2) is 36.4 Å². The Morgan fingerprint density at radius 3 is 1.97 bits per heavy atom. The minimum absolute atomic E-state index is 0.111. The summed E-state index contributed by atoms with van der Waals surface area (Å²) in [7, 11) is 5.74. The number of amides is 2. The van der Waals surface area contributed by atoms with Gasteiger partial charge in [-0.05, 0) is 56.6 Å². The summed E-state index contributed by atoms with van der Waals surface area (Å²) in [6.45, 7) is 6.78. The number of likely N-dealkylation sites (N-methyl/N-ethyl adjacent to an activating group) is 1. The van der Waals surface area contributed by atoms with Crippen molar-refractivity contribution in [2.24, 2.45) is 0 Å². The first-order valence-corrected chi connectivity index (χ1v) is 9.75. The van der Waals surface area contributed by atoms with Crippen LogP contribution in [0.5, 0.6) is 0 Å². The van der Waals surface area contributed by atoms with Crippen molar-refractivity contribution in [3.63, 3.8) is 0 Å². The van der Waals surface area contributed by atoms with E-state index in [4.69, 9.17) is 0 Å². The van der Waals surface area contributed by atoms with Crippen molar-refractivity contribution in [1.82, 2.24) is 10.2 Å². The zero-order chi connectivity index (χ0) is 21.6. The maximum Gasteiger partial charge on any atom is 0.238 e. The molecule has 6 nitrogen and oxygen atoms in total. The molecule has 2 aromatic carbocycles. The molecule has 2 N–H and O–H groups in total.